The molecule has 2 heterocycles. The van der Waals surface area contributed by atoms with E-state index in [-0.39, 0.29) is 0 Å². The van der Waals surface area contributed by atoms with Crippen molar-refractivity contribution < 1.29 is 4.42 Å². The van der Waals surface area contributed by atoms with Crippen LogP contribution in [0.5, 0.6) is 0 Å². The molecule has 51 heavy (non-hydrogen) atoms. The topological polar surface area (TPSA) is 26.0 Å². The van der Waals surface area contributed by atoms with Crippen molar-refractivity contribution in [1.82, 2.24) is 4.98 Å². The number of furan rings is 1. The van der Waals surface area contributed by atoms with Gasteiger partial charge in [0.1, 0.15) is 11.2 Å². The van der Waals surface area contributed by atoms with Crippen molar-refractivity contribution in [3.63, 3.8) is 0 Å². The van der Waals surface area contributed by atoms with E-state index in [0.717, 1.165) is 33.1 Å². The summed E-state index contributed by atoms with van der Waals surface area (Å²) in [6, 6.07) is 63.3. The maximum absolute atomic E-state index is 6.25. The molecule has 0 spiro atoms. The van der Waals surface area contributed by atoms with Crippen molar-refractivity contribution in [3.05, 3.63) is 188 Å². The monoisotopic (exact) mass is 649 g/mol. The van der Waals surface area contributed by atoms with Crippen molar-refractivity contribution in [1.29, 1.82) is 0 Å². The molecule has 10 aromatic rings. The summed E-state index contributed by atoms with van der Waals surface area (Å²) in [5.74, 6) is 0. The normalized spacial score (nSPS) is 11.5. The average Bonchev–Trinajstić information content (AvgIpc) is 3.58. The first-order valence-electron chi connectivity index (χ1n) is 17.4. The second-order valence-corrected chi connectivity index (χ2v) is 13.1. The Morgan fingerprint density at radius 3 is 1.57 bits per heavy atom. The first kappa shape index (κ1) is 29.2. The molecule has 0 saturated heterocycles. The van der Waals surface area contributed by atoms with Crippen LogP contribution in [0.2, 0.25) is 0 Å². The number of benzene rings is 8. The first-order chi connectivity index (χ1) is 25.3. The highest BCUT2D eigenvalue weighted by molar-refractivity contribution is 6.24. The standard InChI is InChI=1S/C49H31NO/c1-2-12-32(13-3-1)34-14-10-15-36(30-34)47-40-17-4-6-19-42(40)49(43-20-7-5-18-41(43)47)48-37(33-26-28-50-29-27-33)21-11-22-38(48)35-24-25-46-44(31-35)39-16-8-9-23-45(39)51-46/h1-31H. The molecule has 2 aromatic heterocycles. The van der Waals surface area contributed by atoms with Crippen LogP contribution in [-0.2, 0) is 0 Å². The predicted octanol–water partition coefficient (Wildman–Crippen LogP) is 13.6. The summed E-state index contributed by atoms with van der Waals surface area (Å²) in [6.45, 7) is 0. The van der Waals surface area contributed by atoms with Crippen molar-refractivity contribution >= 4 is 43.5 Å². The number of pyridine rings is 1. The number of para-hydroxylation sites is 1. The van der Waals surface area contributed by atoms with E-state index in [4.69, 9.17) is 4.42 Å². The second-order valence-electron chi connectivity index (χ2n) is 13.1. The van der Waals surface area contributed by atoms with Crippen LogP contribution in [0, 0.1) is 0 Å². The third-order valence-electron chi connectivity index (χ3n) is 10.2. The number of aromatic nitrogens is 1. The smallest absolute Gasteiger partial charge is 0.135 e. The van der Waals surface area contributed by atoms with Gasteiger partial charge < -0.3 is 4.42 Å². The molecule has 0 bridgehead atoms. The molecule has 10 rings (SSSR count). The molecular formula is C49H31NO. The quantitative estimate of drug-likeness (QED) is 0.173. The summed E-state index contributed by atoms with van der Waals surface area (Å²) in [7, 11) is 0. The van der Waals surface area contributed by atoms with E-state index in [9.17, 15) is 0 Å². The van der Waals surface area contributed by atoms with Crippen LogP contribution < -0.4 is 0 Å². The van der Waals surface area contributed by atoms with E-state index in [2.05, 4.69) is 169 Å². The van der Waals surface area contributed by atoms with Gasteiger partial charge in [0, 0.05) is 23.2 Å². The van der Waals surface area contributed by atoms with E-state index in [1.54, 1.807) is 0 Å². The van der Waals surface area contributed by atoms with E-state index in [1.807, 2.05) is 24.5 Å². The Kier molecular flexibility index (Phi) is 6.85. The zero-order valence-corrected chi connectivity index (χ0v) is 27.8. The summed E-state index contributed by atoms with van der Waals surface area (Å²) in [6.07, 6.45) is 3.77. The largest absolute Gasteiger partial charge is 0.456 e. The Morgan fingerprint density at radius 2 is 0.843 bits per heavy atom. The van der Waals surface area contributed by atoms with Crippen LogP contribution in [0.4, 0.5) is 0 Å². The van der Waals surface area contributed by atoms with Crippen LogP contribution in [0.1, 0.15) is 0 Å². The average molecular weight is 650 g/mol. The number of fused-ring (bicyclic) bond motifs is 5. The van der Waals surface area contributed by atoms with Crippen molar-refractivity contribution in [3.8, 4) is 55.6 Å². The minimum atomic E-state index is 0.893. The van der Waals surface area contributed by atoms with Crippen LogP contribution in [0.25, 0.3) is 99.1 Å². The molecule has 0 N–H and O–H groups in total. The van der Waals surface area contributed by atoms with Gasteiger partial charge in [-0.25, -0.2) is 0 Å². The fourth-order valence-electron chi connectivity index (χ4n) is 7.92. The summed E-state index contributed by atoms with van der Waals surface area (Å²) in [4.78, 5) is 4.37. The van der Waals surface area contributed by atoms with Gasteiger partial charge in [0.15, 0.2) is 0 Å². The van der Waals surface area contributed by atoms with Gasteiger partial charge in [-0.15, -0.1) is 0 Å². The highest BCUT2D eigenvalue weighted by atomic mass is 16.3. The molecule has 0 aliphatic carbocycles. The minimum absolute atomic E-state index is 0.893. The van der Waals surface area contributed by atoms with E-state index >= 15 is 0 Å². The van der Waals surface area contributed by atoms with Gasteiger partial charge in [0.25, 0.3) is 0 Å². The molecule has 8 aromatic carbocycles. The third-order valence-corrected chi connectivity index (χ3v) is 10.2. The molecule has 0 atom stereocenters. The number of rotatable bonds is 5. The Morgan fingerprint density at radius 1 is 0.294 bits per heavy atom. The van der Waals surface area contributed by atoms with E-state index in [0.29, 0.717) is 0 Å². The third kappa shape index (κ3) is 4.84. The molecule has 0 aliphatic heterocycles. The summed E-state index contributed by atoms with van der Waals surface area (Å²) < 4.78 is 6.25. The van der Waals surface area contributed by atoms with Crippen LogP contribution >= 0.6 is 0 Å². The molecule has 0 aliphatic rings. The maximum Gasteiger partial charge on any atom is 0.135 e. The molecule has 0 fully saturated rings. The highest BCUT2D eigenvalue weighted by Crippen LogP contribution is 2.49. The summed E-state index contributed by atoms with van der Waals surface area (Å²) in [5, 5.41) is 7.13. The number of hydrogen-bond donors (Lipinski definition) is 0. The molecule has 238 valence electrons. The molecule has 0 amide bonds. The Labute approximate surface area is 295 Å². The van der Waals surface area contributed by atoms with Gasteiger partial charge in [-0.3, -0.25) is 4.98 Å². The lowest BCUT2D eigenvalue weighted by atomic mass is 9.81. The highest BCUT2D eigenvalue weighted by Gasteiger charge is 2.22. The lowest BCUT2D eigenvalue weighted by molar-refractivity contribution is 0.669. The predicted molar refractivity (Wildman–Crippen MR) is 214 cm³/mol. The second kappa shape index (κ2) is 12.0. The molecular weight excluding hydrogens is 619 g/mol. The molecule has 0 radical (unpaired) electrons. The summed E-state index contributed by atoms with van der Waals surface area (Å²) in [5.41, 5.74) is 13.7. The Balaban J connectivity index is 1.31. The van der Waals surface area contributed by atoms with E-state index < -0.39 is 0 Å². The molecule has 2 heteroatoms. The van der Waals surface area contributed by atoms with Crippen LogP contribution in [-0.4, -0.2) is 4.98 Å². The van der Waals surface area contributed by atoms with Gasteiger partial charge in [-0.2, -0.15) is 0 Å². The van der Waals surface area contributed by atoms with Crippen molar-refractivity contribution in [2.75, 3.05) is 0 Å². The van der Waals surface area contributed by atoms with Gasteiger partial charge in [-0.1, -0.05) is 140 Å². The van der Waals surface area contributed by atoms with Gasteiger partial charge in [0.2, 0.25) is 0 Å². The Hall–Kier alpha value is -6.77. The van der Waals surface area contributed by atoms with E-state index in [1.165, 1.54) is 66.1 Å². The fourth-order valence-corrected chi connectivity index (χ4v) is 7.92. The minimum Gasteiger partial charge on any atom is -0.456 e. The number of hydrogen-bond acceptors (Lipinski definition) is 2. The zero-order valence-electron chi connectivity index (χ0n) is 27.8. The first-order valence-corrected chi connectivity index (χ1v) is 17.4. The SMILES string of the molecule is c1ccc(-c2cccc(-c3c4ccccc4c(-c4c(-c5ccncc5)cccc4-c4ccc5oc6ccccc6c5c4)c4ccccc34)c2)cc1. The zero-order chi connectivity index (χ0) is 33.7. The molecule has 0 saturated carbocycles. The van der Waals surface area contributed by atoms with Crippen LogP contribution in [0.3, 0.4) is 0 Å². The number of nitrogens with zero attached hydrogens (tertiary/aromatic N) is 1. The van der Waals surface area contributed by atoms with Crippen molar-refractivity contribution in [2.45, 2.75) is 0 Å². The van der Waals surface area contributed by atoms with Gasteiger partial charge in [0.05, 0.1) is 0 Å². The maximum atomic E-state index is 6.25. The fraction of sp³-hybridized carbons (Fsp3) is 0. The molecule has 0 unspecified atom stereocenters. The van der Waals surface area contributed by atoms with Gasteiger partial charge >= 0.3 is 0 Å². The van der Waals surface area contributed by atoms with Crippen LogP contribution in [0.15, 0.2) is 193 Å². The lowest BCUT2D eigenvalue weighted by Crippen LogP contribution is -1.95. The van der Waals surface area contributed by atoms with Gasteiger partial charge in [-0.05, 0) is 114 Å². The molecule has 2 nitrogen and oxygen atoms in total. The van der Waals surface area contributed by atoms with Crippen molar-refractivity contribution in [2.24, 2.45) is 0 Å². The Bertz CT molecular complexity index is 2850. The lowest BCUT2D eigenvalue weighted by Gasteiger charge is -2.22. The summed E-state index contributed by atoms with van der Waals surface area (Å²) >= 11 is 0.